The van der Waals surface area contributed by atoms with Crippen molar-refractivity contribution < 1.29 is 14.0 Å². The molecule has 1 aliphatic rings. The van der Waals surface area contributed by atoms with Crippen LogP contribution in [-0.2, 0) is 11.2 Å². The Bertz CT molecular complexity index is 1460. The van der Waals surface area contributed by atoms with Crippen LogP contribution in [0.3, 0.4) is 0 Å². The van der Waals surface area contributed by atoms with Gasteiger partial charge in [0.1, 0.15) is 5.82 Å². The SMILES string of the molecule is CC(=O)Nc1ccc(F)c(NC(=O)c2c3c(nc4ccccc24)/C(=C/c2ccccc2)CC3)c1. The van der Waals surface area contributed by atoms with E-state index >= 15 is 0 Å². The number of carbonyl (C=O) groups excluding carboxylic acids is 2. The molecule has 0 bridgehead atoms. The van der Waals surface area contributed by atoms with Crippen LogP contribution in [0.2, 0.25) is 0 Å². The van der Waals surface area contributed by atoms with Gasteiger partial charge in [-0.25, -0.2) is 9.37 Å². The van der Waals surface area contributed by atoms with E-state index in [1.807, 2.05) is 54.6 Å². The van der Waals surface area contributed by atoms with Crippen molar-refractivity contribution in [3.05, 3.63) is 101 Å². The number of anilines is 2. The number of hydrogen-bond acceptors (Lipinski definition) is 3. The standard InChI is InChI=1S/C28H22FN3O2/c1-17(33)30-20-12-14-23(29)25(16-20)32-28(34)26-21-9-5-6-10-24(21)31-27-19(11-13-22(26)27)15-18-7-3-2-4-8-18/h2-10,12,14-16H,11,13H2,1H3,(H,30,33)(H,32,34)/b19-15+. The molecule has 5 rings (SSSR count). The third-order valence-electron chi connectivity index (χ3n) is 5.84. The number of nitrogens with one attached hydrogen (secondary N) is 2. The molecule has 0 atom stereocenters. The number of hydrogen-bond donors (Lipinski definition) is 2. The van der Waals surface area contributed by atoms with Gasteiger partial charge >= 0.3 is 0 Å². The van der Waals surface area contributed by atoms with Crippen molar-refractivity contribution in [1.29, 1.82) is 0 Å². The summed E-state index contributed by atoms with van der Waals surface area (Å²) in [4.78, 5) is 29.8. The van der Waals surface area contributed by atoms with E-state index in [1.54, 1.807) is 0 Å². The lowest BCUT2D eigenvalue weighted by atomic mass is 9.99. The lowest BCUT2D eigenvalue weighted by molar-refractivity contribution is -0.114. The monoisotopic (exact) mass is 451 g/mol. The highest BCUT2D eigenvalue weighted by Gasteiger charge is 2.27. The minimum absolute atomic E-state index is 0.00365. The van der Waals surface area contributed by atoms with Gasteiger partial charge in [0.2, 0.25) is 5.91 Å². The molecule has 0 saturated heterocycles. The number of amides is 2. The van der Waals surface area contributed by atoms with Crippen LogP contribution in [-0.4, -0.2) is 16.8 Å². The van der Waals surface area contributed by atoms with E-state index in [4.69, 9.17) is 4.98 Å². The van der Waals surface area contributed by atoms with Gasteiger partial charge in [-0.15, -0.1) is 0 Å². The smallest absolute Gasteiger partial charge is 0.256 e. The van der Waals surface area contributed by atoms with E-state index in [1.165, 1.54) is 25.1 Å². The zero-order chi connectivity index (χ0) is 23.7. The summed E-state index contributed by atoms with van der Waals surface area (Å²) in [7, 11) is 0. The van der Waals surface area contributed by atoms with Gasteiger partial charge in [-0.1, -0.05) is 48.5 Å². The predicted octanol–water partition coefficient (Wildman–Crippen LogP) is 6.07. The fraction of sp³-hybridized carbons (Fsp3) is 0.107. The van der Waals surface area contributed by atoms with Crippen molar-refractivity contribution >= 4 is 45.7 Å². The largest absolute Gasteiger partial charge is 0.326 e. The van der Waals surface area contributed by atoms with Gasteiger partial charge in [-0.05, 0) is 59.9 Å². The van der Waals surface area contributed by atoms with Gasteiger partial charge in [0.05, 0.1) is 22.5 Å². The molecular weight excluding hydrogens is 429 g/mol. The predicted molar refractivity (Wildman–Crippen MR) is 133 cm³/mol. The Hall–Kier alpha value is -4.32. The summed E-state index contributed by atoms with van der Waals surface area (Å²) >= 11 is 0. The lowest BCUT2D eigenvalue weighted by Crippen LogP contribution is -2.17. The summed E-state index contributed by atoms with van der Waals surface area (Å²) in [6.07, 6.45) is 3.54. The van der Waals surface area contributed by atoms with Gasteiger partial charge < -0.3 is 10.6 Å². The number of fused-ring (bicyclic) bond motifs is 2. The van der Waals surface area contributed by atoms with E-state index in [9.17, 15) is 14.0 Å². The average Bonchev–Trinajstić information content (AvgIpc) is 3.21. The van der Waals surface area contributed by atoms with Crippen molar-refractivity contribution in [3.8, 4) is 0 Å². The molecule has 0 aliphatic heterocycles. The minimum atomic E-state index is -0.581. The number of nitrogens with zero attached hydrogens (tertiary/aromatic N) is 1. The molecule has 0 unspecified atom stereocenters. The Morgan fingerprint density at radius 1 is 0.941 bits per heavy atom. The first kappa shape index (κ1) is 21.5. The van der Waals surface area contributed by atoms with Crippen LogP contribution in [0.15, 0.2) is 72.8 Å². The van der Waals surface area contributed by atoms with Gasteiger partial charge in [0, 0.05) is 18.0 Å². The average molecular weight is 452 g/mol. The number of pyridine rings is 1. The van der Waals surface area contributed by atoms with Crippen molar-refractivity contribution in [2.24, 2.45) is 0 Å². The Morgan fingerprint density at radius 2 is 1.71 bits per heavy atom. The lowest BCUT2D eigenvalue weighted by Gasteiger charge is -2.14. The molecule has 0 spiro atoms. The van der Waals surface area contributed by atoms with Crippen LogP contribution in [0.25, 0.3) is 22.6 Å². The Kier molecular flexibility index (Phi) is 5.64. The van der Waals surface area contributed by atoms with Crippen LogP contribution in [0.1, 0.15) is 40.5 Å². The van der Waals surface area contributed by atoms with Crippen molar-refractivity contribution in [2.45, 2.75) is 19.8 Å². The maximum Gasteiger partial charge on any atom is 0.256 e. The number of halogens is 1. The summed E-state index contributed by atoms with van der Waals surface area (Å²) in [5, 5.41) is 6.05. The molecule has 1 aliphatic carbocycles. The topological polar surface area (TPSA) is 71.1 Å². The molecular formula is C28H22FN3O2. The molecule has 168 valence electrons. The Labute approximate surface area is 196 Å². The first-order chi connectivity index (χ1) is 16.5. The molecule has 0 saturated carbocycles. The van der Waals surface area contributed by atoms with Crippen LogP contribution >= 0.6 is 0 Å². The zero-order valence-electron chi connectivity index (χ0n) is 18.6. The third-order valence-corrected chi connectivity index (χ3v) is 5.84. The van der Waals surface area contributed by atoms with E-state index < -0.39 is 11.7 Å². The summed E-state index contributed by atoms with van der Waals surface area (Å²) in [5.41, 5.74) is 5.42. The quantitative estimate of drug-likeness (QED) is 0.396. The second-order valence-corrected chi connectivity index (χ2v) is 8.24. The minimum Gasteiger partial charge on any atom is -0.326 e. The van der Waals surface area contributed by atoms with Crippen LogP contribution in [0.5, 0.6) is 0 Å². The molecule has 3 aromatic carbocycles. The molecule has 0 radical (unpaired) electrons. The molecule has 6 heteroatoms. The van der Waals surface area contributed by atoms with Crippen LogP contribution in [0.4, 0.5) is 15.8 Å². The molecule has 0 fully saturated rings. The summed E-state index contributed by atoms with van der Waals surface area (Å²) in [5.74, 6) is -1.27. The maximum atomic E-state index is 14.5. The van der Waals surface area contributed by atoms with Gasteiger partial charge in [-0.2, -0.15) is 0 Å². The molecule has 1 aromatic heterocycles. The molecule has 1 heterocycles. The van der Waals surface area contributed by atoms with Crippen LogP contribution < -0.4 is 10.6 Å². The fourth-order valence-electron chi connectivity index (χ4n) is 4.38. The highest BCUT2D eigenvalue weighted by molar-refractivity contribution is 6.15. The van der Waals surface area contributed by atoms with Gasteiger partial charge in [0.25, 0.3) is 5.91 Å². The van der Waals surface area contributed by atoms with Crippen molar-refractivity contribution in [3.63, 3.8) is 0 Å². The first-order valence-electron chi connectivity index (χ1n) is 11.1. The second-order valence-electron chi connectivity index (χ2n) is 8.24. The number of rotatable bonds is 4. The number of carbonyl (C=O) groups is 2. The number of benzene rings is 3. The summed E-state index contributed by atoms with van der Waals surface area (Å²) < 4.78 is 14.5. The fourth-order valence-corrected chi connectivity index (χ4v) is 4.38. The van der Waals surface area contributed by atoms with Crippen LogP contribution in [0, 0.1) is 5.82 Å². The van der Waals surface area contributed by atoms with E-state index in [-0.39, 0.29) is 11.6 Å². The highest BCUT2D eigenvalue weighted by Crippen LogP contribution is 2.38. The summed E-state index contributed by atoms with van der Waals surface area (Å²) in [6, 6.07) is 21.6. The molecule has 2 N–H and O–H groups in total. The van der Waals surface area contributed by atoms with E-state index in [2.05, 4.69) is 16.7 Å². The maximum absolute atomic E-state index is 14.5. The highest BCUT2D eigenvalue weighted by atomic mass is 19.1. The number of para-hydroxylation sites is 1. The van der Waals surface area contributed by atoms with Gasteiger partial charge in [0.15, 0.2) is 0 Å². The molecule has 5 nitrogen and oxygen atoms in total. The third kappa shape index (κ3) is 4.18. The van der Waals surface area contributed by atoms with E-state index in [0.29, 0.717) is 23.2 Å². The molecule has 34 heavy (non-hydrogen) atoms. The molecule has 4 aromatic rings. The zero-order valence-corrected chi connectivity index (χ0v) is 18.6. The summed E-state index contributed by atoms with van der Waals surface area (Å²) in [6.45, 7) is 1.37. The van der Waals surface area contributed by atoms with Crippen molar-refractivity contribution in [2.75, 3.05) is 10.6 Å². The van der Waals surface area contributed by atoms with Gasteiger partial charge in [-0.3, -0.25) is 9.59 Å². The normalized spacial score (nSPS) is 13.6. The Balaban J connectivity index is 1.59. The van der Waals surface area contributed by atoms with E-state index in [0.717, 1.165) is 34.2 Å². The number of aromatic nitrogens is 1. The first-order valence-corrected chi connectivity index (χ1v) is 11.1. The Morgan fingerprint density at radius 3 is 2.50 bits per heavy atom. The molecule has 2 amide bonds. The van der Waals surface area contributed by atoms with Crippen molar-refractivity contribution in [1.82, 2.24) is 4.98 Å². The second kappa shape index (κ2) is 8.90. The number of allylic oxidation sites excluding steroid dienone is 1.